The molecule has 0 radical (unpaired) electrons. The van der Waals surface area contributed by atoms with Gasteiger partial charge in [0.25, 0.3) is 0 Å². The van der Waals surface area contributed by atoms with Crippen molar-refractivity contribution in [2.75, 3.05) is 5.32 Å². The van der Waals surface area contributed by atoms with Crippen LogP contribution in [-0.2, 0) is 0 Å². The number of fused-ring (bicyclic) bond motifs is 2. The van der Waals surface area contributed by atoms with Crippen LogP contribution in [0.25, 0.3) is 21.0 Å². The van der Waals surface area contributed by atoms with Crippen LogP contribution in [0.4, 0.5) is 5.13 Å². The van der Waals surface area contributed by atoms with E-state index in [4.69, 9.17) is 4.98 Å². The van der Waals surface area contributed by atoms with Gasteiger partial charge in [-0.05, 0) is 47.2 Å². The highest BCUT2D eigenvalue weighted by Crippen LogP contribution is 2.42. The van der Waals surface area contributed by atoms with E-state index in [0.717, 1.165) is 25.5 Å². The van der Waals surface area contributed by atoms with Crippen LogP contribution in [0.2, 0.25) is 0 Å². The van der Waals surface area contributed by atoms with Crippen LogP contribution in [0.5, 0.6) is 11.5 Å². The third-order valence-electron chi connectivity index (χ3n) is 5.10. The highest BCUT2D eigenvalue weighted by atomic mass is 79.9. The molecule has 0 aliphatic rings. The predicted octanol–water partition coefficient (Wildman–Crippen LogP) is 6.82. The highest BCUT2D eigenvalue weighted by Gasteiger charge is 2.24. The number of halogens is 1. The summed E-state index contributed by atoms with van der Waals surface area (Å²) in [5.41, 5.74) is 2.25. The molecule has 5 rings (SSSR count). The van der Waals surface area contributed by atoms with E-state index >= 15 is 0 Å². The molecule has 4 nitrogen and oxygen atoms in total. The second-order valence-corrected chi connectivity index (χ2v) is 8.93. The average molecular weight is 477 g/mol. The topological polar surface area (TPSA) is 65.4 Å². The molecule has 1 unspecified atom stereocenters. The fourth-order valence-corrected chi connectivity index (χ4v) is 4.98. The molecular weight excluding hydrogens is 460 g/mol. The van der Waals surface area contributed by atoms with Gasteiger partial charge in [0, 0.05) is 15.6 Å². The Hall–Kier alpha value is -3.09. The fraction of sp³-hybridized carbons (Fsp3) is 0.0417. The first-order valence-corrected chi connectivity index (χ1v) is 11.0. The van der Waals surface area contributed by atoms with Crippen molar-refractivity contribution in [3.05, 3.63) is 94.5 Å². The number of thiazole rings is 1. The Bertz CT molecular complexity index is 1350. The number of para-hydroxylation sites is 1. The number of anilines is 1. The van der Waals surface area contributed by atoms with Crippen LogP contribution in [0.3, 0.4) is 0 Å². The minimum absolute atomic E-state index is 0.143. The number of aromatic nitrogens is 1. The summed E-state index contributed by atoms with van der Waals surface area (Å²) in [6.45, 7) is 0. The first-order chi connectivity index (χ1) is 14.6. The predicted molar refractivity (Wildman–Crippen MR) is 127 cm³/mol. The summed E-state index contributed by atoms with van der Waals surface area (Å²) in [4.78, 5) is 4.70. The SMILES string of the molecule is Oc1ccc(Br)cc1C(Nc1nc2ccccc2s1)c1c(O)ccc2ccccc12. The summed E-state index contributed by atoms with van der Waals surface area (Å²) in [5.74, 6) is 0.302. The van der Waals surface area contributed by atoms with E-state index in [1.165, 1.54) is 11.3 Å². The van der Waals surface area contributed by atoms with Gasteiger partial charge >= 0.3 is 0 Å². The number of benzene rings is 4. The van der Waals surface area contributed by atoms with Crippen molar-refractivity contribution in [2.24, 2.45) is 0 Å². The van der Waals surface area contributed by atoms with Crippen molar-refractivity contribution in [1.29, 1.82) is 0 Å². The van der Waals surface area contributed by atoms with Gasteiger partial charge in [0.2, 0.25) is 0 Å². The van der Waals surface area contributed by atoms with E-state index < -0.39 is 6.04 Å². The summed E-state index contributed by atoms with van der Waals surface area (Å²) < 4.78 is 1.91. The first-order valence-electron chi connectivity index (χ1n) is 9.41. The van der Waals surface area contributed by atoms with Crippen LogP contribution >= 0.6 is 27.3 Å². The number of phenolic OH excluding ortho intramolecular Hbond substituents is 2. The molecule has 5 aromatic rings. The maximum Gasteiger partial charge on any atom is 0.184 e. The van der Waals surface area contributed by atoms with Crippen molar-refractivity contribution >= 4 is 53.4 Å². The molecule has 0 fully saturated rings. The Kier molecular flexibility index (Phi) is 4.81. The molecule has 1 aromatic heterocycles. The lowest BCUT2D eigenvalue weighted by Gasteiger charge is -2.23. The minimum atomic E-state index is -0.505. The van der Waals surface area contributed by atoms with Gasteiger partial charge in [0.1, 0.15) is 11.5 Å². The van der Waals surface area contributed by atoms with Gasteiger partial charge in [0.15, 0.2) is 5.13 Å². The third kappa shape index (κ3) is 3.38. The standard InChI is InChI=1S/C24H17BrN2O2S/c25-15-10-12-19(28)17(13-15)23(27-24-26-18-7-3-4-8-21(18)30-24)22-16-6-2-1-5-14(16)9-11-20(22)29/h1-13,23,28-29H,(H,26,27). The zero-order valence-electron chi connectivity index (χ0n) is 15.7. The highest BCUT2D eigenvalue weighted by molar-refractivity contribution is 9.10. The molecular formula is C24H17BrN2O2S. The summed E-state index contributed by atoms with van der Waals surface area (Å²) in [5, 5.41) is 27.7. The third-order valence-corrected chi connectivity index (χ3v) is 6.56. The molecule has 0 spiro atoms. The summed E-state index contributed by atoms with van der Waals surface area (Å²) in [6, 6.07) is 24.2. The van der Waals surface area contributed by atoms with Gasteiger partial charge in [-0.25, -0.2) is 4.98 Å². The quantitative estimate of drug-likeness (QED) is 0.266. The number of hydrogen-bond donors (Lipinski definition) is 3. The van der Waals surface area contributed by atoms with E-state index in [1.54, 1.807) is 18.2 Å². The van der Waals surface area contributed by atoms with Crippen molar-refractivity contribution in [2.45, 2.75) is 6.04 Å². The molecule has 6 heteroatoms. The van der Waals surface area contributed by atoms with Crippen LogP contribution in [0.15, 0.2) is 83.3 Å². The van der Waals surface area contributed by atoms with Crippen LogP contribution in [0, 0.1) is 0 Å². The monoisotopic (exact) mass is 476 g/mol. The summed E-state index contributed by atoms with van der Waals surface area (Å²) in [6.07, 6.45) is 0. The van der Waals surface area contributed by atoms with Crippen molar-refractivity contribution in [1.82, 2.24) is 4.98 Å². The van der Waals surface area contributed by atoms with E-state index in [2.05, 4.69) is 21.2 Å². The zero-order valence-corrected chi connectivity index (χ0v) is 18.1. The Labute approximate surface area is 185 Å². The number of nitrogens with one attached hydrogen (secondary N) is 1. The second kappa shape index (κ2) is 7.63. The Morgan fingerprint density at radius 3 is 2.50 bits per heavy atom. The molecule has 0 amide bonds. The number of phenols is 2. The number of hydrogen-bond acceptors (Lipinski definition) is 5. The second-order valence-electron chi connectivity index (χ2n) is 6.99. The smallest absolute Gasteiger partial charge is 0.184 e. The van der Waals surface area contributed by atoms with Crippen molar-refractivity contribution < 1.29 is 10.2 Å². The van der Waals surface area contributed by atoms with E-state index in [0.29, 0.717) is 16.3 Å². The number of nitrogens with zero attached hydrogens (tertiary/aromatic N) is 1. The fourth-order valence-electron chi connectivity index (χ4n) is 3.71. The van der Waals surface area contributed by atoms with Crippen LogP contribution < -0.4 is 5.32 Å². The van der Waals surface area contributed by atoms with Gasteiger partial charge in [-0.1, -0.05) is 69.7 Å². The average Bonchev–Trinajstić information content (AvgIpc) is 3.17. The molecule has 30 heavy (non-hydrogen) atoms. The lowest BCUT2D eigenvalue weighted by atomic mass is 9.92. The molecule has 0 aliphatic heterocycles. The van der Waals surface area contributed by atoms with Gasteiger partial charge in [-0.3, -0.25) is 0 Å². The van der Waals surface area contributed by atoms with Gasteiger partial charge in [0.05, 0.1) is 16.3 Å². The lowest BCUT2D eigenvalue weighted by Crippen LogP contribution is -2.13. The molecule has 4 aromatic carbocycles. The largest absolute Gasteiger partial charge is 0.508 e. The molecule has 0 bridgehead atoms. The Morgan fingerprint density at radius 1 is 0.867 bits per heavy atom. The molecule has 3 N–H and O–H groups in total. The van der Waals surface area contributed by atoms with Crippen LogP contribution in [0.1, 0.15) is 17.2 Å². The van der Waals surface area contributed by atoms with Gasteiger partial charge in [-0.2, -0.15) is 0 Å². The maximum absolute atomic E-state index is 10.9. The Morgan fingerprint density at radius 2 is 1.63 bits per heavy atom. The van der Waals surface area contributed by atoms with Gasteiger partial charge < -0.3 is 15.5 Å². The van der Waals surface area contributed by atoms with Crippen LogP contribution in [-0.4, -0.2) is 15.2 Å². The molecule has 0 saturated heterocycles. The van der Waals surface area contributed by atoms with Crippen molar-refractivity contribution in [3.63, 3.8) is 0 Å². The van der Waals surface area contributed by atoms with E-state index in [-0.39, 0.29) is 11.5 Å². The maximum atomic E-state index is 10.9. The molecule has 0 aliphatic carbocycles. The number of rotatable bonds is 4. The molecule has 148 valence electrons. The van der Waals surface area contributed by atoms with Gasteiger partial charge in [-0.15, -0.1) is 0 Å². The molecule has 1 atom stereocenters. The lowest BCUT2D eigenvalue weighted by molar-refractivity contribution is 0.458. The zero-order chi connectivity index (χ0) is 20.7. The summed E-state index contributed by atoms with van der Waals surface area (Å²) in [7, 11) is 0. The number of aromatic hydroxyl groups is 2. The Balaban J connectivity index is 1.73. The first kappa shape index (κ1) is 18.9. The molecule has 0 saturated carbocycles. The van der Waals surface area contributed by atoms with Crippen molar-refractivity contribution in [3.8, 4) is 11.5 Å². The minimum Gasteiger partial charge on any atom is -0.508 e. The molecule has 1 heterocycles. The summed E-state index contributed by atoms with van der Waals surface area (Å²) >= 11 is 5.04. The normalized spacial score (nSPS) is 12.3. The van der Waals surface area contributed by atoms with E-state index in [1.807, 2.05) is 60.7 Å². The van der Waals surface area contributed by atoms with E-state index in [9.17, 15) is 10.2 Å².